The van der Waals surface area contributed by atoms with Crippen molar-refractivity contribution in [1.82, 2.24) is 9.80 Å². The van der Waals surface area contributed by atoms with E-state index in [-0.39, 0.29) is 24.3 Å². The van der Waals surface area contributed by atoms with Gasteiger partial charge in [0.05, 0.1) is 12.2 Å². The van der Waals surface area contributed by atoms with E-state index < -0.39 is 0 Å². The average molecular weight is 445 g/mol. The van der Waals surface area contributed by atoms with Gasteiger partial charge in [0, 0.05) is 39.5 Å². The Balaban J connectivity index is 1.88. The number of carbonyl (C=O) groups is 2. The molecule has 1 N–H and O–H groups in total. The van der Waals surface area contributed by atoms with Gasteiger partial charge >= 0.3 is 0 Å². The topological polar surface area (TPSA) is 79.3 Å². The highest BCUT2D eigenvalue weighted by molar-refractivity contribution is 6.35. The Morgan fingerprint density at radius 1 is 1.16 bits per heavy atom. The number of aliphatic hydroxyl groups excluding tert-OH is 1. The van der Waals surface area contributed by atoms with Gasteiger partial charge in [-0.2, -0.15) is 0 Å². The molecule has 7 nitrogen and oxygen atoms in total. The third kappa shape index (κ3) is 5.70. The van der Waals surface area contributed by atoms with Crippen LogP contribution < -0.4 is 4.74 Å². The van der Waals surface area contributed by atoms with Gasteiger partial charge in [0.1, 0.15) is 11.4 Å². The second-order valence-electron chi connectivity index (χ2n) is 8.90. The number of aliphatic hydroxyl groups is 1. The predicted octanol–water partition coefficient (Wildman–Crippen LogP) is 2.93. The fraction of sp³-hybridized carbons (Fsp3) is 0.600. The van der Waals surface area contributed by atoms with Crippen molar-refractivity contribution in [2.75, 3.05) is 46.1 Å². The minimum atomic E-state index is -0.261. The van der Waals surface area contributed by atoms with Gasteiger partial charge in [-0.1, -0.05) is 26.0 Å². The molecule has 0 spiro atoms. The van der Waals surface area contributed by atoms with Crippen LogP contribution >= 0.6 is 0 Å². The molecule has 1 aromatic rings. The number of nitrogens with zero attached hydrogens (tertiary/aromatic N) is 2. The number of carbonyl (C=O) groups excluding carboxylic acids is 2. The Morgan fingerprint density at radius 2 is 1.91 bits per heavy atom. The number of likely N-dealkylation sites (tertiary alicyclic amines) is 1. The zero-order valence-electron chi connectivity index (χ0n) is 19.5. The van der Waals surface area contributed by atoms with Crippen LogP contribution in [-0.4, -0.2) is 72.8 Å². The number of ether oxygens (including phenoxy) is 2. The van der Waals surface area contributed by atoms with E-state index in [9.17, 15) is 14.7 Å². The molecule has 2 heterocycles. The number of hydrogen-bond acceptors (Lipinski definition) is 6. The van der Waals surface area contributed by atoms with Crippen LogP contribution in [0.25, 0.3) is 5.57 Å². The maximum Gasteiger partial charge on any atom is 0.277 e. The average Bonchev–Trinajstić information content (AvgIpc) is 3.05. The van der Waals surface area contributed by atoms with Crippen LogP contribution in [0.4, 0.5) is 0 Å². The molecule has 1 unspecified atom stereocenters. The summed E-state index contributed by atoms with van der Waals surface area (Å²) in [5, 5.41) is 9.66. The van der Waals surface area contributed by atoms with Gasteiger partial charge in [-0.25, -0.2) is 0 Å². The molecule has 0 bridgehead atoms. The van der Waals surface area contributed by atoms with Gasteiger partial charge in [0.25, 0.3) is 11.8 Å². The molecule has 1 saturated heterocycles. The van der Waals surface area contributed by atoms with Crippen molar-refractivity contribution in [3.63, 3.8) is 0 Å². The van der Waals surface area contributed by atoms with Crippen LogP contribution in [0.5, 0.6) is 5.75 Å². The Morgan fingerprint density at radius 3 is 2.56 bits per heavy atom. The molecular weight excluding hydrogens is 408 g/mol. The fourth-order valence-corrected chi connectivity index (χ4v) is 4.19. The van der Waals surface area contributed by atoms with Gasteiger partial charge in [-0.15, -0.1) is 0 Å². The lowest BCUT2D eigenvalue weighted by atomic mass is 9.97. The molecule has 0 radical (unpaired) electrons. The van der Waals surface area contributed by atoms with E-state index in [1.165, 1.54) is 4.90 Å². The van der Waals surface area contributed by atoms with E-state index in [1.54, 1.807) is 0 Å². The van der Waals surface area contributed by atoms with Crippen LogP contribution in [0.2, 0.25) is 0 Å². The lowest BCUT2D eigenvalue weighted by molar-refractivity contribution is -0.137. The Labute approximate surface area is 191 Å². The molecular formula is C25H36N2O5. The lowest BCUT2D eigenvalue weighted by Crippen LogP contribution is -2.40. The number of amides is 2. The molecule has 1 atom stereocenters. The first kappa shape index (κ1) is 24.3. The fourth-order valence-electron chi connectivity index (χ4n) is 4.19. The molecule has 0 aromatic heterocycles. The molecule has 3 rings (SSSR count). The largest absolute Gasteiger partial charge is 0.493 e. The summed E-state index contributed by atoms with van der Waals surface area (Å²) in [5.74, 6) is 0.762. The zero-order valence-corrected chi connectivity index (χ0v) is 19.5. The van der Waals surface area contributed by atoms with Crippen molar-refractivity contribution in [3.8, 4) is 5.75 Å². The van der Waals surface area contributed by atoms with E-state index in [2.05, 4.69) is 13.8 Å². The van der Waals surface area contributed by atoms with E-state index >= 15 is 0 Å². The van der Waals surface area contributed by atoms with Crippen molar-refractivity contribution < 1.29 is 24.2 Å². The first-order chi connectivity index (χ1) is 15.5. The SMILES string of the molecule is CCOCCCN1C(=O)C(c2ccc(OCC(C)C)cc2)=C(N2CCCC(CO)C2)C1=O. The van der Waals surface area contributed by atoms with E-state index in [0.717, 1.165) is 18.6 Å². The first-order valence-electron chi connectivity index (χ1n) is 11.7. The van der Waals surface area contributed by atoms with Crippen LogP contribution in [0.15, 0.2) is 30.0 Å². The van der Waals surface area contributed by atoms with Gasteiger partial charge in [0.2, 0.25) is 0 Å². The predicted molar refractivity (Wildman–Crippen MR) is 123 cm³/mol. The molecule has 1 fully saturated rings. The van der Waals surface area contributed by atoms with Crippen LogP contribution in [0.3, 0.4) is 0 Å². The summed E-state index contributed by atoms with van der Waals surface area (Å²) in [6, 6.07) is 7.41. The highest BCUT2D eigenvalue weighted by Crippen LogP contribution is 2.34. The zero-order chi connectivity index (χ0) is 23.1. The normalized spacial score (nSPS) is 19.5. The molecule has 0 aliphatic carbocycles. The Bertz CT molecular complexity index is 818. The van der Waals surface area contributed by atoms with Crippen LogP contribution in [-0.2, 0) is 14.3 Å². The summed E-state index contributed by atoms with van der Waals surface area (Å²) >= 11 is 0. The second-order valence-corrected chi connectivity index (χ2v) is 8.90. The Hall–Kier alpha value is -2.38. The van der Waals surface area contributed by atoms with Crippen molar-refractivity contribution in [2.45, 2.75) is 40.0 Å². The molecule has 2 amide bonds. The summed E-state index contributed by atoms with van der Waals surface area (Å²) in [4.78, 5) is 30.1. The smallest absolute Gasteiger partial charge is 0.277 e. The van der Waals surface area contributed by atoms with Crippen molar-refractivity contribution >= 4 is 17.4 Å². The van der Waals surface area contributed by atoms with Gasteiger partial charge in [-0.05, 0) is 55.7 Å². The third-order valence-corrected chi connectivity index (χ3v) is 5.84. The van der Waals surface area contributed by atoms with Crippen molar-refractivity contribution in [1.29, 1.82) is 0 Å². The molecule has 0 saturated carbocycles. The first-order valence-corrected chi connectivity index (χ1v) is 11.7. The molecule has 2 aliphatic rings. The summed E-state index contributed by atoms with van der Waals surface area (Å²) in [6.45, 7) is 9.54. The number of benzene rings is 1. The standard InChI is InChI=1S/C25H36N2O5/c1-4-31-14-6-13-27-24(29)22(20-8-10-21(11-9-20)32-17-18(2)3)23(25(27)30)26-12-5-7-19(15-26)16-28/h8-11,18-19,28H,4-7,12-17H2,1-3H3. The monoisotopic (exact) mass is 444 g/mol. The highest BCUT2D eigenvalue weighted by Gasteiger charge is 2.42. The quantitative estimate of drug-likeness (QED) is 0.418. The van der Waals surface area contributed by atoms with E-state index in [1.807, 2.05) is 36.1 Å². The summed E-state index contributed by atoms with van der Waals surface area (Å²) in [5.41, 5.74) is 1.62. The number of hydrogen-bond donors (Lipinski definition) is 1. The maximum absolute atomic E-state index is 13.4. The third-order valence-electron chi connectivity index (χ3n) is 5.84. The Kier molecular flexibility index (Phi) is 8.70. The number of imide groups is 1. The molecule has 2 aliphatic heterocycles. The van der Waals surface area contributed by atoms with Gasteiger partial charge in [0.15, 0.2) is 0 Å². The molecule has 7 heteroatoms. The van der Waals surface area contributed by atoms with Gasteiger partial charge in [-0.3, -0.25) is 14.5 Å². The number of piperidine rings is 1. The maximum atomic E-state index is 13.4. The summed E-state index contributed by atoms with van der Waals surface area (Å²) in [6.07, 6.45) is 2.42. The highest BCUT2D eigenvalue weighted by atomic mass is 16.5. The van der Waals surface area contributed by atoms with E-state index in [4.69, 9.17) is 9.47 Å². The van der Waals surface area contributed by atoms with Gasteiger partial charge < -0.3 is 19.5 Å². The van der Waals surface area contributed by atoms with Crippen LogP contribution in [0, 0.1) is 11.8 Å². The van der Waals surface area contributed by atoms with Crippen LogP contribution in [0.1, 0.15) is 45.6 Å². The molecule has 32 heavy (non-hydrogen) atoms. The lowest BCUT2D eigenvalue weighted by Gasteiger charge is -2.34. The van der Waals surface area contributed by atoms with Crippen molar-refractivity contribution in [2.24, 2.45) is 11.8 Å². The minimum absolute atomic E-state index is 0.0845. The molecule has 1 aromatic carbocycles. The second kappa shape index (κ2) is 11.5. The molecule has 176 valence electrons. The summed E-state index contributed by atoms with van der Waals surface area (Å²) < 4.78 is 11.2. The van der Waals surface area contributed by atoms with Crippen molar-refractivity contribution in [3.05, 3.63) is 35.5 Å². The number of rotatable bonds is 11. The van der Waals surface area contributed by atoms with E-state index in [0.29, 0.717) is 68.6 Å². The minimum Gasteiger partial charge on any atom is -0.493 e. The summed E-state index contributed by atoms with van der Waals surface area (Å²) in [7, 11) is 0.